The highest BCUT2D eigenvalue weighted by atomic mass is 35.5. The molecule has 0 spiro atoms. The monoisotopic (exact) mass is 314 g/mol. The van der Waals surface area contributed by atoms with E-state index < -0.39 is 11.4 Å². The molecule has 1 aromatic rings. The molecule has 0 aromatic heterocycles. The summed E-state index contributed by atoms with van der Waals surface area (Å²) in [5.41, 5.74) is 0.367. The van der Waals surface area contributed by atoms with Gasteiger partial charge in [0.25, 0.3) is 0 Å². The Kier molecular flexibility index (Phi) is 4.56. The van der Waals surface area contributed by atoms with Gasteiger partial charge in [0, 0.05) is 23.7 Å². The zero-order valence-electron chi connectivity index (χ0n) is 12.4. The minimum Gasteiger partial charge on any atom is -0.392 e. The average Bonchev–Trinajstić information content (AvgIpc) is 2.40. The SMILES string of the molecule is CC(c1cc(F)cc(Cl)c1CO)N1CCNC(C)(C)C1=O. The second kappa shape index (κ2) is 5.91. The Bertz CT molecular complexity index is 563. The third-order valence-electron chi connectivity index (χ3n) is 3.99. The van der Waals surface area contributed by atoms with Crippen molar-refractivity contribution in [1.29, 1.82) is 0 Å². The summed E-state index contributed by atoms with van der Waals surface area (Å²) in [5, 5.41) is 12.8. The summed E-state index contributed by atoms with van der Waals surface area (Å²) in [6, 6.07) is 2.16. The minimum absolute atomic E-state index is 0.0504. The van der Waals surface area contributed by atoms with Crippen molar-refractivity contribution < 1.29 is 14.3 Å². The largest absolute Gasteiger partial charge is 0.392 e. The summed E-state index contributed by atoms with van der Waals surface area (Å²) in [6.45, 7) is 6.37. The van der Waals surface area contributed by atoms with Crippen LogP contribution >= 0.6 is 11.6 Å². The van der Waals surface area contributed by atoms with Crippen molar-refractivity contribution in [3.8, 4) is 0 Å². The van der Waals surface area contributed by atoms with Crippen LogP contribution in [0.1, 0.15) is 37.9 Å². The number of hydrogen-bond acceptors (Lipinski definition) is 3. The molecule has 21 heavy (non-hydrogen) atoms. The van der Waals surface area contributed by atoms with Crippen molar-refractivity contribution in [1.82, 2.24) is 10.2 Å². The van der Waals surface area contributed by atoms with E-state index in [1.54, 1.807) is 4.90 Å². The quantitative estimate of drug-likeness (QED) is 0.899. The Morgan fingerprint density at radius 3 is 2.81 bits per heavy atom. The molecule has 1 heterocycles. The Hall–Kier alpha value is -1.17. The fraction of sp³-hybridized carbons (Fsp3) is 0.533. The number of aliphatic hydroxyl groups excluding tert-OH is 1. The number of rotatable bonds is 3. The fourth-order valence-electron chi connectivity index (χ4n) is 2.73. The third kappa shape index (κ3) is 3.05. The lowest BCUT2D eigenvalue weighted by atomic mass is 9.95. The molecule has 0 saturated carbocycles. The first-order chi connectivity index (χ1) is 9.77. The number of nitrogens with zero attached hydrogens (tertiary/aromatic N) is 1. The molecule has 1 atom stereocenters. The number of aliphatic hydroxyl groups is 1. The van der Waals surface area contributed by atoms with Crippen molar-refractivity contribution in [2.24, 2.45) is 0 Å². The van der Waals surface area contributed by atoms with E-state index in [0.717, 1.165) is 0 Å². The molecule has 0 aliphatic carbocycles. The van der Waals surface area contributed by atoms with Crippen LogP contribution in [-0.4, -0.2) is 34.5 Å². The smallest absolute Gasteiger partial charge is 0.242 e. The lowest BCUT2D eigenvalue weighted by molar-refractivity contribution is -0.142. The Morgan fingerprint density at radius 1 is 1.52 bits per heavy atom. The topological polar surface area (TPSA) is 52.6 Å². The maximum absolute atomic E-state index is 13.6. The summed E-state index contributed by atoms with van der Waals surface area (Å²) >= 11 is 5.99. The van der Waals surface area contributed by atoms with Crippen LogP contribution in [0.5, 0.6) is 0 Å². The zero-order chi connectivity index (χ0) is 15.8. The molecular formula is C15H20ClFN2O2. The molecule has 2 rings (SSSR count). The molecule has 1 unspecified atom stereocenters. The number of hydrogen-bond donors (Lipinski definition) is 2. The van der Waals surface area contributed by atoms with E-state index in [2.05, 4.69) is 5.32 Å². The van der Waals surface area contributed by atoms with Gasteiger partial charge in [-0.2, -0.15) is 0 Å². The van der Waals surface area contributed by atoms with Crippen molar-refractivity contribution in [2.45, 2.75) is 39.0 Å². The van der Waals surface area contributed by atoms with Crippen molar-refractivity contribution in [2.75, 3.05) is 13.1 Å². The van der Waals surface area contributed by atoms with Gasteiger partial charge >= 0.3 is 0 Å². The van der Waals surface area contributed by atoms with Gasteiger partial charge in [-0.1, -0.05) is 11.6 Å². The summed E-state index contributed by atoms with van der Waals surface area (Å²) in [6.07, 6.45) is 0. The van der Waals surface area contributed by atoms with E-state index in [1.807, 2.05) is 20.8 Å². The van der Waals surface area contributed by atoms with Gasteiger partial charge in [0.1, 0.15) is 5.82 Å². The van der Waals surface area contributed by atoms with E-state index in [1.165, 1.54) is 12.1 Å². The van der Waals surface area contributed by atoms with Crippen molar-refractivity contribution >= 4 is 17.5 Å². The summed E-state index contributed by atoms with van der Waals surface area (Å²) in [5.74, 6) is -0.522. The lowest BCUT2D eigenvalue weighted by Gasteiger charge is -2.41. The minimum atomic E-state index is -0.650. The van der Waals surface area contributed by atoms with Crippen LogP contribution in [0.15, 0.2) is 12.1 Å². The van der Waals surface area contributed by atoms with Crippen LogP contribution in [0.25, 0.3) is 0 Å². The molecule has 1 amide bonds. The zero-order valence-corrected chi connectivity index (χ0v) is 13.2. The van der Waals surface area contributed by atoms with E-state index in [9.17, 15) is 14.3 Å². The van der Waals surface area contributed by atoms with Gasteiger partial charge in [0.2, 0.25) is 5.91 Å². The normalized spacial score (nSPS) is 19.7. The highest BCUT2D eigenvalue weighted by molar-refractivity contribution is 6.31. The summed E-state index contributed by atoms with van der Waals surface area (Å²) in [4.78, 5) is 14.2. The Morgan fingerprint density at radius 2 is 2.19 bits per heavy atom. The van der Waals surface area contributed by atoms with Gasteiger partial charge < -0.3 is 15.3 Å². The molecule has 0 radical (unpaired) electrons. The van der Waals surface area contributed by atoms with Crippen LogP contribution in [0, 0.1) is 5.82 Å². The van der Waals surface area contributed by atoms with E-state index >= 15 is 0 Å². The second-order valence-electron chi connectivity index (χ2n) is 5.84. The standard InChI is InChI=1S/C15H20ClFN2O2/c1-9(19-5-4-18-15(2,3)14(19)21)11-6-10(17)7-13(16)12(11)8-20/h6-7,9,18,20H,4-5,8H2,1-3H3. The van der Waals surface area contributed by atoms with Gasteiger partial charge in [-0.05, 0) is 38.5 Å². The first-order valence-corrected chi connectivity index (χ1v) is 7.30. The van der Waals surface area contributed by atoms with Gasteiger partial charge in [0.05, 0.1) is 18.2 Å². The number of carbonyl (C=O) groups is 1. The molecule has 6 heteroatoms. The molecule has 116 valence electrons. The maximum Gasteiger partial charge on any atom is 0.242 e. The number of benzene rings is 1. The molecular weight excluding hydrogens is 295 g/mol. The fourth-order valence-corrected chi connectivity index (χ4v) is 3.00. The molecule has 4 nitrogen and oxygen atoms in total. The molecule has 1 aromatic carbocycles. The third-order valence-corrected chi connectivity index (χ3v) is 4.32. The van der Waals surface area contributed by atoms with Crippen LogP contribution in [0.4, 0.5) is 4.39 Å². The van der Waals surface area contributed by atoms with Gasteiger partial charge in [-0.15, -0.1) is 0 Å². The Balaban J connectivity index is 2.40. The van der Waals surface area contributed by atoms with Gasteiger partial charge in [-0.25, -0.2) is 4.39 Å². The highest BCUT2D eigenvalue weighted by Gasteiger charge is 2.38. The van der Waals surface area contributed by atoms with Crippen molar-refractivity contribution in [3.63, 3.8) is 0 Å². The van der Waals surface area contributed by atoms with E-state index in [-0.39, 0.29) is 23.6 Å². The first kappa shape index (κ1) is 16.2. The molecule has 1 fully saturated rings. The van der Waals surface area contributed by atoms with Crippen LogP contribution in [0.2, 0.25) is 5.02 Å². The predicted octanol–water partition coefficient (Wildman–Crippen LogP) is 2.24. The number of amides is 1. The molecule has 2 N–H and O–H groups in total. The second-order valence-corrected chi connectivity index (χ2v) is 6.25. The molecule has 1 saturated heterocycles. The number of piperazine rings is 1. The Labute approximate surface area is 128 Å². The van der Waals surface area contributed by atoms with E-state index in [4.69, 9.17) is 11.6 Å². The highest BCUT2D eigenvalue weighted by Crippen LogP contribution is 2.32. The maximum atomic E-state index is 13.6. The van der Waals surface area contributed by atoms with Crippen LogP contribution < -0.4 is 5.32 Å². The molecule has 1 aliphatic rings. The number of nitrogens with one attached hydrogen (secondary N) is 1. The average molecular weight is 315 g/mol. The summed E-state index contributed by atoms with van der Waals surface area (Å²) < 4.78 is 13.6. The number of carbonyl (C=O) groups excluding carboxylic acids is 1. The molecule has 1 aliphatic heterocycles. The summed E-state index contributed by atoms with van der Waals surface area (Å²) in [7, 11) is 0. The number of halogens is 2. The van der Waals surface area contributed by atoms with Crippen LogP contribution in [-0.2, 0) is 11.4 Å². The van der Waals surface area contributed by atoms with Crippen molar-refractivity contribution in [3.05, 3.63) is 34.1 Å². The van der Waals surface area contributed by atoms with Crippen LogP contribution in [0.3, 0.4) is 0 Å². The van der Waals surface area contributed by atoms with Gasteiger partial charge in [-0.3, -0.25) is 4.79 Å². The van der Waals surface area contributed by atoms with Gasteiger partial charge in [0.15, 0.2) is 0 Å². The predicted molar refractivity (Wildman–Crippen MR) is 79.5 cm³/mol. The first-order valence-electron chi connectivity index (χ1n) is 6.92. The molecule has 0 bridgehead atoms. The van der Waals surface area contributed by atoms with E-state index in [0.29, 0.717) is 24.2 Å². The lowest BCUT2D eigenvalue weighted by Crippen LogP contribution is -2.61.